The van der Waals surface area contributed by atoms with Crippen molar-refractivity contribution < 1.29 is 4.39 Å². The largest absolute Gasteiger partial charge is 0.316 e. The summed E-state index contributed by atoms with van der Waals surface area (Å²) in [5.41, 5.74) is 8.57. The van der Waals surface area contributed by atoms with Gasteiger partial charge in [0.1, 0.15) is 0 Å². The fourth-order valence-corrected chi connectivity index (χ4v) is 3.19. The summed E-state index contributed by atoms with van der Waals surface area (Å²) >= 11 is 0. The van der Waals surface area contributed by atoms with E-state index >= 15 is 0 Å². The van der Waals surface area contributed by atoms with E-state index in [1.165, 1.54) is 5.56 Å². The van der Waals surface area contributed by atoms with Crippen molar-refractivity contribution in [1.82, 2.24) is 5.32 Å². The first-order valence-corrected chi connectivity index (χ1v) is 7.39. The molecule has 1 saturated heterocycles. The highest BCUT2D eigenvalue weighted by molar-refractivity contribution is 5.30. The summed E-state index contributed by atoms with van der Waals surface area (Å²) in [7, 11) is 0. The molecule has 3 unspecified atom stereocenters. The monoisotopic (exact) mass is 264 g/mol. The molecule has 0 spiro atoms. The summed E-state index contributed by atoms with van der Waals surface area (Å²) in [4.78, 5) is 0. The van der Waals surface area contributed by atoms with Gasteiger partial charge >= 0.3 is 0 Å². The highest BCUT2D eigenvalue weighted by atomic mass is 19.1. The minimum atomic E-state index is -0.280. The minimum absolute atomic E-state index is 0.127. The van der Waals surface area contributed by atoms with Crippen LogP contribution in [0, 0.1) is 5.92 Å². The summed E-state index contributed by atoms with van der Waals surface area (Å²) in [5.74, 6) is 1.04. The Morgan fingerprint density at radius 1 is 1.42 bits per heavy atom. The standard InChI is InChI=1S/C16H25FN2/c1-2-12(11-14-8-10-19-16(14)18)15-6-4-3-5-13(15)7-9-17/h3-6,12,14,16,19H,2,7-11,18H2,1H3. The predicted molar refractivity (Wildman–Crippen MR) is 77.9 cm³/mol. The van der Waals surface area contributed by atoms with E-state index in [2.05, 4.69) is 30.4 Å². The lowest BCUT2D eigenvalue weighted by Crippen LogP contribution is -2.36. The minimum Gasteiger partial charge on any atom is -0.316 e. The highest BCUT2D eigenvalue weighted by Crippen LogP contribution is 2.32. The lowest BCUT2D eigenvalue weighted by Gasteiger charge is -2.24. The molecule has 0 aliphatic carbocycles. The number of alkyl halides is 1. The Morgan fingerprint density at radius 2 is 2.21 bits per heavy atom. The lowest BCUT2D eigenvalue weighted by molar-refractivity contribution is 0.385. The lowest BCUT2D eigenvalue weighted by atomic mass is 9.83. The molecule has 0 radical (unpaired) electrons. The summed E-state index contributed by atoms with van der Waals surface area (Å²) in [6, 6.07) is 8.29. The van der Waals surface area contributed by atoms with E-state index in [1.807, 2.05) is 6.07 Å². The van der Waals surface area contributed by atoms with Crippen molar-refractivity contribution in [3.63, 3.8) is 0 Å². The first-order valence-electron chi connectivity index (χ1n) is 7.39. The van der Waals surface area contributed by atoms with E-state index in [4.69, 9.17) is 5.73 Å². The Kier molecular flexibility index (Phi) is 5.34. The first-order chi connectivity index (χ1) is 9.26. The number of rotatable bonds is 6. The maximum Gasteiger partial charge on any atom is 0.0934 e. The van der Waals surface area contributed by atoms with E-state index in [1.54, 1.807) is 0 Å². The molecule has 3 heteroatoms. The van der Waals surface area contributed by atoms with Gasteiger partial charge in [-0.15, -0.1) is 0 Å². The predicted octanol–water partition coefficient (Wildman–Crippen LogP) is 2.98. The van der Waals surface area contributed by atoms with E-state index in [0.717, 1.165) is 31.4 Å². The van der Waals surface area contributed by atoms with Gasteiger partial charge < -0.3 is 11.1 Å². The van der Waals surface area contributed by atoms with E-state index in [-0.39, 0.29) is 12.8 Å². The van der Waals surface area contributed by atoms with Gasteiger partial charge in [0.2, 0.25) is 0 Å². The van der Waals surface area contributed by atoms with Crippen LogP contribution in [0.3, 0.4) is 0 Å². The Morgan fingerprint density at radius 3 is 2.84 bits per heavy atom. The molecule has 0 amide bonds. The zero-order chi connectivity index (χ0) is 13.7. The summed E-state index contributed by atoms with van der Waals surface area (Å²) < 4.78 is 12.7. The van der Waals surface area contributed by atoms with Gasteiger partial charge in [0.15, 0.2) is 0 Å². The molecule has 1 aromatic carbocycles. The number of nitrogens with one attached hydrogen (secondary N) is 1. The molecule has 19 heavy (non-hydrogen) atoms. The third kappa shape index (κ3) is 3.54. The van der Waals surface area contributed by atoms with Crippen LogP contribution >= 0.6 is 0 Å². The molecule has 0 bridgehead atoms. The van der Waals surface area contributed by atoms with Crippen molar-refractivity contribution in [1.29, 1.82) is 0 Å². The second kappa shape index (κ2) is 7.01. The molecule has 0 saturated carbocycles. The molecule has 1 fully saturated rings. The molecule has 106 valence electrons. The van der Waals surface area contributed by atoms with Crippen LogP contribution in [-0.4, -0.2) is 19.4 Å². The van der Waals surface area contributed by atoms with Crippen LogP contribution in [0.25, 0.3) is 0 Å². The number of nitrogens with two attached hydrogens (primary N) is 1. The average molecular weight is 264 g/mol. The Hall–Kier alpha value is -0.930. The Balaban J connectivity index is 2.12. The van der Waals surface area contributed by atoms with Gasteiger partial charge in [0.25, 0.3) is 0 Å². The number of hydrogen-bond donors (Lipinski definition) is 2. The molecule has 1 heterocycles. The van der Waals surface area contributed by atoms with Crippen LogP contribution in [0.15, 0.2) is 24.3 Å². The normalized spacial score (nSPS) is 24.6. The highest BCUT2D eigenvalue weighted by Gasteiger charge is 2.27. The fraction of sp³-hybridized carbons (Fsp3) is 0.625. The van der Waals surface area contributed by atoms with Crippen LogP contribution in [0.5, 0.6) is 0 Å². The number of benzene rings is 1. The summed E-state index contributed by atoms with van der Waals surface area (Å²) in [5, 5.41) is 3.31. The van der Waals surface area contributed by atoms with Gasteiger partial charge in [-0.05, 0) is 48.8 Å². The smallest absolute Gasteiger partial charge is 0.0934 e. The van der Waals surface area contributed by atoms with Gasteiger partial charge in [-0.2, -0.15) is 0 Å². The second-order valence-electron chi connectivity index (χ2n) is 5.51. The van der Waals surface area contributed by atoms with Crippen LogP contribution in [0.2, 0.25) is 0 Å². The first kappa shape index (κ1) is 14.5. The summed E-state index contributed by atoms with van der Waals surface area (Å²) in [6.07, 6.45) is 4.01. The molecule has 1 aliphatic heterocycles. The Labute approximate surface area is 115 Å². The topological polar surface area (TPSA) is 38.0 Å². The molecule has 1 aliphatic rings. The van der Waals surface area contributed by atoms with Gasteiger partial charge in [-0.25, -0.2) is 0 Å². The van der Waals surface area contributed by atoms with Crippen molar-refractivity contribution in [2.24, 2.45) is 11.7 Å². The van der Waals surface area contributed by atoms with Crippen LogP contribution in [-0.2, 0) is 6.42 Å². The molecule has 2 nitrogen and oxygen atoms in total. The van der Waals surface area contributed by atoms with Gasteiger partial charge in [0, 0.05) is 6.42 Å². The Bertz CT molecular complexity index is 394. The maximum atomic E-state index is 12.7. The molecule has 1 aromatic rings. The third-order valence-electron chi connectivity index (χ3n) is 4.34. The van der Waals surface area contributed by atoms with Crippen molar-refractivity contribution in [2.45, 2.75) is 44.7 Å². The molecule has 3 atom stereocenters. The van der Waals surface area contributed by atoms with Crippen molar-refractivity contribution in [3.8, 4) is 0 Å². The van der Waals surface area contributed by atoms with Crippen molar-refractivity contribution in [3.05, 3.63) is 35.4 Å². The van der Waals surface area contributed by atoms with Crippen molar-refractivity contribution >= 4 is 0 Å². The van der Waals surface area contributed by atoms with E-state index in [9.17, 15) is 4.39 Å². The average Bonchev–Trinajstić information content (AvgIpc) is 2.83. The van der Waals surface area contributed by atoms with E-state index < -0.39 is 0 Å². The maximum absolute atomic E-state index is 12.7. The number of aryl methyl sites for hydroxylation is 1. The zero-order valence-corrected chi connectivity index (χ0v) is 11.7. The molecule has 2 rings (SSSR count). The van der Waals surface area contributed by atoms with Gasteiger partial charge in [-0.1, -0.05) is 31.2 Å². The molecule has 0 aromatic heterocycles. The van der Waals surface area contributed by atoms with Crippen molar-refractivity contribution in [2.75, 3.05) is 13.2 Å². The van der Waals surface area contributed by atoms with Crippen LogP contribution < -0.4 is 11.1 Å². The number of hydrogen-bond acceptors (Lipinski definition) is 2. The van der Waals surface area contributed by atoms with Gasteiger partial charge in [-0.3, -0.25) is 4.39 Å². The third-order valence-corrected chi connectivity index (χ3v) is 4.34. The fourth-order valence-electron chi connectivity index (χ4n) is 3.19. The quantitative estimate of drug-likeness (QED) is 0.829. The SMILES string of the molecule is CCC(CC1CCNC1N)c1ccccc1CCF. The van der Waals surface area contributed by atoms with Crippen LogP contribution in [0.4, 0.5) is 4.39 Å². The van der Waals surface area contributed by atoms with Crippen LogP contribution in [0.1, 0.15) is 43.2 Å². The molecule has 3 N–H and O–H groups in total. The van der Waals surface area contributed by atoms with Gasteiger partial charge in [0.05, 0.1) is 12.8 Å². The zero-order valence-electron chi connectivity index (χ0n) is 11.7. The van der Waals surface area contributed by atoms with E-state index in [0.29, 0.717) is 18.3 Å². The molecular formula is C16H25FN2. The number of halogens is 1. The molecular weight excluding hydrogens is 239 g/mol. The summed E-state index contributed by atoms with van der Waals surface area (Å²) in [6.45, 7) is 2.96. The second-order valence-corrected chi connectivity index (χ2v) is 5.51.